The number of nitrogens with one attached hydrogen (secondary N) is 1. The minimum atomic E-state index is -0.888. The Balaban J connectivity index is 1.55. The molecule has 1 aromatic heterocycles. The number of fused-ring (bicyclic) bond motifs is 1. The summed E-state index contributed by atoms with van der Waals surface area (Å²) in [6.45, 7) is 1.57. The van der Waals surface area contributed by atoms with Crippen LogP contribution in [0.1, 0.15) is 37.3 Å². The summed E-state index contributed by atoms with van der Waals surface area (Å²) >= 11 is 0. The molecule has 2 aliphatic rings. The third-order valence-electron chi connectivity index (χ3n) is 6.11. The second kappa shape index (κ2) is 7.38. The van der Waals surface area contributed by atoms with Crippen molar-refractivity contribution in [1.82, 2.24) is 20.0 Å². The van der Waals surface area contributed by atoms with E-state index in [-0.39, 0.29) is 17.9 Å². The lowest BCUT2D eigenvalue weighted by molar-refractivity contribution is -0.134. The molecule has 2 aromatic rings. The van der Waals surface area contributed by atoms with Crippen LogP contribution in [0.5, 0.6) is 0 Å². The Kier molecular flexibility index (Phi) is 4.89. The normalized spacial score (nSPS) is 20.8. The lowest BCUT2D eigenvalue weighted by atomic mass is 9.92. The maximum atomic E-state index is 12.3. The predicted octanol–water partition coefficient (Wildman–Crippen LogP) is 1.67. The minimum Gasteiger partial charge on any atom is -0.465 e. The maximum absolute atomic E-state index is 12.3. The van der Waals surface area contributed by atoms with Crippen LogP contribution >= 0.6 is 0 Å². The first-order valence-electron chi connectivity index (χ1n) is 9.86. The van der Waals surface area contributed by atoms with Gasteiger partial charge in [-0.2, -0.15) is 5.10 Å². The Hall–Kier alpha value is -3.10. The molecule has 0 spiro atoms. The number of aromatic nitrogens is 2. The predicted molar refractivity (Wildman–Crippen MR) is 107 cm³/mol. The number of anilines is 1. The zero-order chi connectivity index (χ0) is 20.7. The van der Waals surface area contributed by atoms with Crippen LogP contribution in [-0.4, -0.2) is 63.9 Å². The highest BCUT2D eigenvalue weighted by atomic mass is 16.4. The number of amides is 3. The van der Waals surface area contributed by atoms with Gasteiger partial charge < -0.3 is 14.9 Å². The molecule has 2 aliphatic heterocycles. The SMILES string of the molecule is CN(C(=O)O)C1CCN(c2ccc3c(C4CCC(=O)NC4=O)nn(C)c3c2)CC1. The van der Waals surface area contributed by atoms with Gasteiger partial charge in [-0.15, -0.1) is 0 Å². The quantitative estimate of drug-likeness (QED) is 0.761. The molecule has 0 radical (unpaired) electrons. The van der Waals surface area contributed by atoms with Crippen molar-refractivity contribution in [1.29, 1.82) is 0 Å². The number of rotatable bonds is 3. The number of hydrogen-bond donors (Lipinski definition) is 2. The molecule has 1 atom stereocenters. The lowest BCUT2D eigenvalue weighted by Gasteiger charge is -2.36. The topological polar surface area (TPSA) is 108 Å². The number of nitrogens with zero attached hydrogens (tertiary/aromatic N) is 4. The number of piperidine rings is 2. The number of carbonyl (C=O) groups is 3. The number of imide groups is 1. The fourth-order valence-electron chi connectivity index (χ4n) is 4.35. The van der Waals surface area contributed by atoms with Gasteiger partial charge in [0.25, 0.3) is 0 Å². The van der Waals surface area contributed by atoms with Crippen molar-refractivity contribution >= 4 is 34.5 Å². The zero-order valence-electron chi connectivity index (χ0n) is 16.6. The lowest BCUT2D eigenvalue weighted by Crippen LogP contribution is -2.45. The average molecular weight is 399 g/mol. The van der Waals surface area contributed by atoms with Gasteiger partial charge in [0.1, 0.15) is 0 Å². The first kappa shape index (κ1) is 19.2. The van der Waals surface area contributed by atoms with Crippen molar-refractivity contribution in [2.75, 3.05) is 25.0 Å². The summed E-state index contributed by atoms with van der Waals surface area (Å²) in [5, 5.41) is 17.1. The highest BCUT2D eigenvalue weighted by molar-refractivity contribution is 6.02. The summed E-state index contributed by atoms with van der Waals surface area (Å²) in [5.41, 5.74) is 2.71. The van der Waals surface area contributed by atoms with Crippen LogP contribution in [0.25, 0.3) is 10.9 Å². The Labute approximate surface area is 168 Å². The van der Waals surface area contributed by atoms with E-state index in [0.717, 1.165) is 42.5 Å². The molecule has 0 saturated carbocycles. The molecule has 9 heteroatoms. The Morgan fingerprint density at radius 1 is 1.24 bits per heavy atom. The maximum Gasteiger partial charge on any atom is 0.407 e. The van der Waals surface area contributed by atoms with Gasteiger partial charge in [0.05, 0.1) is 17.1 Å². The third-order valence-corrected chi connectivity index (χ3v) is 6.11. The van der Waals surface area contributed by atoms with E-state index in [1.807, 2.05) is 19.2 Å². The van der Waals surface area contributed by atoms with Crippen molar-refractivity contribution in [2.24, 2.45) is 7.05 Å². The van der Waals surface area contributed by atoms with Gasteiger partial charge in [-0.25, -0.2) is 4.79 Å². The average Bonchev–Trinajstić information content (AvgIpc) is 3.03. The fraction of sp³-hybridized carbons (Fsp3) is 0.500. The monoisotopic (exact) mass is 399 g/mol. The second-order valence-electron chi connectivity index (χ2n) is 7.83. The zero-order valence-corrected chi connectivity index (χ0v) is 16.6. The second-order valence-corrected chi connectivity index (χ2v) is 7.83. The molecule has 3 heterocycles. The van der Waals surface area contributed by atoms with Crippen LogP contribution in [0.4, 0.5) is 10.5 Å². The summed E-state index contributed by atoms with van der Waals surface area (Å²) in [4.78, 5) is 38.5. The van der Waals surface area contributed by atoms with Crippen LogP contribution in [-0.2, 0) is 16.6 Å². The van der Waals surface area contributed by atoms with E-state index >= 15 is 0 Å². The molecule has 4 rings (SSSR count). The number of carbonyl (C=O) groups excluding carboxylic acids is 2. The third kappa shape index (κ3) is 3.52. The van der Waals surface area contributed by atoms with E-state index in [1.54, 1.807) is 11.7 Å². The number of aryl methyl sites for hydroxylation is 1. The largest absolute Gasteiger partial charge is 0.465 e. The molecule has 0 bridgehead atoms. The van der Waals surface area contributed by atoms with E-state index < -0.39 is 12.0 Å². The van der Waals surface area contributed by atoms with Crippen molar-refractivity contribution in [3.05, 3.63) is 23.9 Å². The molecule has 9 nitrogen and oxygen atoms in total. The first-order valence-corrected chi connectivity index (χ1v) is 9.86. The van der Waals surface area contributed by atoms with Crippen LogP contribution in [0.2, 0.25) is 0 Å². The first-order chi connectivity index (χ1) is 13.8. The molecule has 1 unspecified atom stereocenters. The number of hydrogen-bond acceptors (Lipinski definition) is 5. The molecule has 2 fully saturated rings. The van der Waals surface area contributed by atoms with Gasteiger partial charge in [-0.3, -0.25) is 19.6 Å². The summed E-state index contributed by atoms with van der Waals surface area (Å²) < 4.78 is 1.78. The van der Waals surface area contributed by atoms with Gasteiger partial charge in [0.15, 0.2) is 0 Å². The molecular weight excluding hydrogens is 374 g/mol. The van der Waals surface area contributed by atoms with Crippen LogP contribution in [0.15, 0.2) is 18.2 Å². The van der Waals surface area contributed by atoms with Crippen molar-refractivity contribution < 1.29 is 19.5 Å². The minimum absolute atomic E-state index is 0.0447. The molecule has 29 heavy (non-hydrogen) atoms. The number of carboxylic acid groups (broad SMARTS) is 1. The van der Waals surface area contributed by atoms with Crippen LogP contribution < -0.4 is 10.2 Å². The van der Waals surface area contributed by atoms with Gasteiger partial charge in [0.2, 0.25) is 11.8 Å². The van der Waals surface area contributed by atoms with Crippen molar-refractivity contribution in [2.45, 2.75) is 37.6 Å². The van der Waals surface area contributed by atoms with E-state index in [2.05, 4.69) is 21.4 Å². The van der Waals surface area contributed by atoms with Crippen molar-refractivity contribution in [3.8, 4) is 0 Å². The molecule has 2 N–H and O–H groups in total. The highest BCUT2D eigenvalue weighted by Gasteiger charge is 2.32. The Bertz CT molecular complexity index is 977. The Morgan fingerprint density at radius 3 is 2.62 bits per heavy atom. The van der Waals surface area contributed by atoms with Gasteiger partial charge in [-0.1, -0.05) is 0 Å². The standard InChI is InChI=1S/C20H25N5O4/c1-23(20(28)29)12-7-9-25(10-8-12)13-3-4-14-16(11-13)24(2)22-18(14)15-5-6-17(26)21-19(15)27/h3-4,11-12,15H,5-10H2,1-2H3,(H,28,29)(H,21,26,27). The highest BCUT2D eigenvalue weighted by Crippen LogP contribution is 2.33. The molecular formula is C20H25N5O4. The van der Waals surface area contributed by atoms with E-state index in [4.69, 9.17) is 5.11 Å². The van der Waals surface area contributed by atoms with Crippen molar-refractivity contribution in [3.63, 3.8) is 0 Å². The molecule has 154 valence electrons. The van der Waals surface area contributed by atoms with Gasteiger partial charge in [0, 0.05) is 50.7 Å². The summed E-state index contributed by atoms with van der Waals surface area (Å²) in [7, 11) is 3.48. The molecule has 1 aromatic carbocycles. The van der Waals surface area contributed by atoms with E-state index in [0.29, 0.717) is 18.5 Å². The van der Waals surface area contributed by atoms with Gasteiger partial charge >= 0.3 is 6.09 Å². The van der Waals surface area contributed by atoms with Crippen LogP contribution in [0.3, 0.4) is 0 Å². The molecule has 0 aliphatic carbocycles. The van der Waals surface area contributed by atoms with E-state index in [9.17, 15) is 14.4 Å². The van der Waals surface area contributed by atoms with Gasteiger partial charge in [-0.05, 0) is 37.5 Å². The van der Waals surface area contributed by atoms with E-state index in [1.165, 1.54) is 4.90 Å². The summed E-state index contributed by atoms with van der Waals surface area (Å²) in [6.07, 6.45) is 1.48. The Morgan fingerprint density at radius 2 is 1.97 bits per heavy atom. The fourth-order valence-corrected chi connectivity index (χ4v) is 4.35. The summed E-state index contributed by atoms with van der Waals surface area (Å²) in [6, 6.07) is 6.13. The van der Waals surface area contributed by atoms with Crippen LogP contribution in [0, 0.1) is 0 Å². The number of benzene rings is 1. The molecule has 3 amide bonds. The summed E-state index contributed by atoms with van der Waals surface area (Å²) in [5.74, 6) is -0.926. The molecule has 2 saturated heterocycles. The smallest absolute Gasteiger partial charge is 0.407 e.